The third-order valence-electron chi connectivity index (χ3n) is 3.98. The van der Waals surface area contributed by atoms with E-state index in [0.29, 0.717) is 35.3 Å². The topological polar surface area (TPSA) is 51.7 Å². The van der Waals surface area contributed by atoms with Gasteiger partial charge < -0.3 is 14.4 Å². The van der Waals surface area contributed by atoms with Gasteiger partial charge in [0, 0.05) is 24.8 Å². The van der Waals surface area contributed by atoms with Crippen molar-refractivity contribution in [3.05, 3.63) is 52.3 Å². The van der Waals surface area contributed by atoms with E-state index < -0.39 is 0 Å². The lowest BCUT2D eigenvalue weighted by Gasteiger charge is -2.29. The highest BCUT2D eigenvalue weighted by molar-refractivity contribution is 6.29. The van der Waals surface area contributed by atoms with Crippen LogP contribution >= 0.6 is 11.6 Å². The molecule has 0 radical (unpaired) electrons. The van der Waals surface area contributed by atoms with Crippen LogP contribution in [0.2, 0.25) is 5.15 Å². The Kier molecular flexibility index (Phi) is 4.39. The molecule has 0 saturated heterocycles. The van der Waals surface area contributed by atoms with E-state index in [1.165, 1.54) is 5.56 Å². The molecule has 0 bridgehead atoms. The molecule has 0 atom stereocenters. The van der Waals surface area contributed by atoms with E-state index >= 15 is 0 Å². The Morgan fingerprint density at radius 3 is 2.52 bits per heavy atom. The fraction of sp³-hybridized carbons (Fsp3) is 0.294. The number of benzene rings is 1. The summed E-state index contributed by atoms with van der Waals surface area (Å²) >= 11 is 5.87. The van der Waals surface area contributed by atoms with Gasteiger partial charge in [-0.1, -0.05) is 11.6 Å². The molecule has 120 valence electrons. The monoisotopic (exact) mass is 332 g/mol. The van der Waals surface area contributed by atoms with E-state index in [4.69, 9.17) is 21.1 Å². The molecule has 1 aliphatic heterocycles. The van der Waals surface area contributed by atoms with Crippen LogP contribution in [0.3, 0.4) is 0 Å². The number of ether oxygens (including phenoxy) is 2. The van der Waals surface area contributed by atoms with Crippen molar-refractivity contribution in [1.82, 2.24) is 9.88 Å². The summed E-state index contributed by atoms with van der Waals surface area (Å²) in [6, 6.07) is 7.19. The molecule has 2 heterocycles. The number of aromatic nitrogens is 1. The summed E-state index contributed by atoms with van der Waals surface area (Å²) in [5, 5.41) is 0.319. The fourth-order valence-electron chi connectivity index (χ4n) is 2.77. The number of amides is 1. The second kappa shape index (κ2) is 6.46. The lowest BCUT2D eigenvalue weighted by atomic mass is 9.98. The van der Waals surface area contributed by atoms with Crippen LogP contribution in [-0.4, -0.2) is 36.6 Å². The average Bonchev–Trinajstić information content (AvgIpc) is 2.59. The molecule has 0 spiro atoms. The van der Waals surface area contributed by atoms with Crippen LogP contribution in [0.25, 0.3) is 0 Å². The summed E-state index contributed by atoms with van der Waals surface area (Å²) in [6.45, 7) is 1.19. The van der Waals surface area contributed by atoms with Gasteiger partial charge in [-0.25, -0.2) is 4.98 Å². The first kappa shape index (κ1) is 15.6. The van der Waals surface area contributed by atoms with Crippen molar-refractivity contribution in [2.75, 3.05) is 20.8 Å². The Morgan fingerprint density at radius 2 is 1.87 bits per heavy atom. The van der Waals surface area contributed by atoms with Gasteiger partial charge in [-0.15, -0.1) is 0 Å². The highest BCUT2D eigenvalue weighted by atomic mass is 35.5. The maximum Gasteiger partial charge on any atom is 0.254 e. The zero-order valence-electron chi connectivity index (χ0n) is 13.0. The lowest BCUT2D eigenvalue weighted by Crippen LogP contribution is -2.36. The predicted octanol–water partition coefficient (Wildman–Crippen LogP) is 2.95. The van der Waals surface area contributed by atoms with Gasteiger partial charge in [0.25, 0.3) is 5.91 Å². The molecule has 0 aliphatic carbocycles. The largest absolute Gasteiger partial charge is 0.493 e. The van der Waals surface area contributed by atoms with Crippen molar-refractivity contribution in [1.29, 1.82) is 0 Å². The molecule has 1 aromatic carbocycles. The van der Waals surface area contributed by atoms with Gasteiger partial charge >= 0.3 is 0 Å². The molecule has 0 N–H and O–H groups in total. The van der Waals surface area contributed by atoms with E-state index in [9.17, 15) is 4.79 Å². The Labute approximate surface area is 139 Å². The van der Waals surface area contributed by atoms with Gasteiger partial charge in [0.1, 0.15) is 5.15 Å². The van der Waals surface area contributed by atoms with Crippen molar-refractivity contribution in [2.45, 2.75) is 13.0 Å². The Morgan fingerprint density at radius 1 is 1.17 bits per heavy atom. The number of rotatable bonds is 3. The van der Waals surface area contributed by atoms with Crippen molar-refractivity contribution in [3.8, 4) is 11.5 Å². The third-order valence-corrected chi connectivity index (χ3v) is 4.19. The van der Waals surface area contributed by atoms with E-state index in [-0.39, 0.29) is 5.91 Å². The highest BCUT2D eigenvalue weighted by Crippen LogP contribution is 2.33. The van der Waals surface area contributed by atoms with Gasteiger partial charge in [-0.3, -0.25) is 4.79 Å². The normalized spacial score (nSPS) is 13.4. The molecule has 1 amide bonds. The van der Waals surface area contributed by atoms with Crippen molar-refractivity contribution in [3.63, 3.8) is 0 Å². The molecule has 3 rings (SSSR count). The number of hydrogen-bond acceptors (Lipinski definition) is 4. The summed E-state index contributed by atoms with van der Waals surface area (Å²) in [4.78, 5) is 18.3. The smallest absolute Gasteiger partial charge is 0.254 e. The number of nitrogens with zero attached hydrogens (tertiary/aromatic N) is 2. The van der Waals surface area contributed by atoms with Crippen LogP contribution in [0.5, 0.6) is 11.5 Å². The number of hydrogen-bond donors (Lipinski definition) is 0. The average molecular weight is 333 g/mol. The minimum atomic E-state index is -0.0465. The number of methoxy groups -OCH3 is 2. The van der Waals surface area contributed by atoms with E-state index in [0.717, 1.165) is 12.0 Å². The standard InChI is InChI=1S/C17H17ClN2O3/c1-22-14-7-11-4-6-20(10-13(11)8-15(14)23-2)17(21)12-3-5-19-16(18)9-12/h3,5,7-9H,4,6,10H2,1-2H3. The molecule has 0 fully saturated rings. The van der Waals surface area contributed by atoms with Crippen LogP contribution in [0.15, 0.2) is 30.5 Å². The van der Waals surface area contributed by atoms with Crippen LogP contribution in [0.4, 0.5) is 0 Å². The van der Waals surface area contributed by atoms with Gasteiger partial charge in [0.15, 0.2) is 11.5 Å². The number of fused-ring (bicyclic) bond motifs is 1. The molecule has 0 saturated carbocycles. The van der Waals surface area contributed by atoms with E-state index in [2.05, 4.69) is 4.98 Å². The summed E-state index contributed by atoms with van der Waals surface area (Å²) < 4.78 is 10.7. The SMILES string of the molecule is COc1cc2c(cc1OC)CN(C(=O)c1ccnc(Cl)c1)CC2. The molecule has 23 heavy (non-hydrogen) atoms. The number of halogens is 1. The maximum absolute atomic E-state index is 12.6. The molecule has 5 nitrogen and oxygen atoms in total. The van der Waals surface area contributed by atoms with Gasteiger partial charge in [-0.05, 0) is 41.8 Å². The first-order valence-electron chi connectivity index (χ1n) is 7.27. The summed E-state index contributed by atoms with van der Waals surface area (Å²) in [7, 11) is 3.23. The van der Waals surface area contributed by atoms with Gasteiger partial charge in [-0.2, -0.15) is 0 Å². The maximum atomic E-state index is 12.6. The van der Waals surface area contributed by atoms with Crippen LogP contribution in [-0.2, 0) is 13.0 Å². The molecular weight excluding hydrogens is 316 g/mol. The zero-order chi connectivity index (χ0) is 16.4. The minimum absolute atomic E-state index is 0.0465. The molecule has 2 aromatic rings. The van der Waals surface area contributed by atoms with Crippen LogP contribution in [0, 0.1) is 0 Å². The molecule has 1 aromatic heterocycles. The molecular formula is C17H17ClN2O3. The van der Waals surface area contributed by atoms with E-state index in [1.807, 2.05) is 12.1 Å². The van der Waals surface area contributed by atoms with Crippen LogP contribution in [0.1, 0.15) is 21.5 Å². The van der Waals surface area contributed by atoms with Crippen molar-refractivity contribution < 1.29 is 14.3 Å². The molecule has 0 unspecified atom stereocenters. The first-order chi connectivity index (χ1) is 11.1. The predicted molar refractivity (Wildman–Crippen MR) is 87.2 cm³/mol. The second-order valence-electron chi connectivity index (χ2n) is 5.32. The van der Waals surface area contributed by atoms with Gasteiger partial charge in [0.05, 0.1) is 14.2 Å². The number of carbonyl (C=O) groups excluding carboxylic acids is 1. The molecule has 1 aliphatic rings. The Hall–Kier alpha value is -2.27. The van der Waals surface area contributed by atoms with Crippen molar-refractivity contribution >= 4 is 17.5 Å². The summed E-state index contributed by atoms with van der Waals surface area (Å²) in [5.74, 6) is 1.34. The highest BCUT2D eigenvalue weighted by Gasteiger charge is 2.23. The quantitative estimate of drug-likeness (QED) is 0.811. The Bertz CT molecular complexity index is 749. The summed E-state index contributed by atoms with van der Waals surface area (Å²) in [5.41, 5.74) is 2.80. The number of carbonyl (C=O) groups is 1. The lowest BCUT2D eigenvalue weighted by molar-refractivity contribution is 0.0734. The fourth-order valence-corrected chi connectivity index (χ4v) is 2.95. The Balaban J connectivity index is 1.86. The third kappa shape index (κ3) is 3.10. The minimum Gasteiger partial charge on any atom is -0.493 e. The zero-order valence-corrected chi connectivity index (χ0v) is 13.8. The van der Waals surface area contributed by atoms with Gasteiger partial charge in [0.2, 0.25) is 0 Å². The van der Waals surface area contributed by atoms with Crippen LogP contribution < -0.4 is 9.47 Å². The second-order valence-corrected chi connectivity index (χ2v) is 5.71. The summed E-state index contributed by atoms with van der Waals surface area (Å²) in [6.07, 6.45) is 2.32. The number of pyridine rings is 1. The first-order valence-corrected chi connectivity index (χ1v) is 7.64. The van der Waals surface area contributed by atoms with E-state index in [1.54, 1.807) is 37.4 Å². The molecule has 6 heteroatoms. The van der Waals surface area contributed by atoms with Crippen molar-refractivity contribution in [2.24, 2.45) is 0 Å².